The Balaban J connectivity index is 1.56. The maximum atomic E-state index is 12.8. The lowest BCUT2D eigenvalue weighted by Gasteiger charge is -2.30. The Labute approximate surface area is 176 Å². The number of amides is 1. The van der Waals surface area contributed by atoms with Crippen LogP contribution in [0.3, 0.4) is 0 Å². The number of para-hydroxylation sites is 1. The maximum absolute atomic E-state index is 12.8. The summed E-state index contributed by atoms with van der Waals surface area (Å²) < 4.78 is 32.5. The van der Waals surface area contributed by atoms with Gasteiger partial charge < -0.3 is 10.1 Å². The van der Waals surface area contributed by atoms with E-state index in [-0.39, 0.29) is 11.8 Å². The Kier molecular flexibility index (Phi) is 7.21. The van der Waals surface area contributed by atoms with Gasteiger partial charge in [0.25, 0.3) is 0 Å². The van der Waals surface area contributed by atoms with E-state index in [9.17, 15) is 13.2 Å². The smallest absolute Gasteiger partial charge is 0.243 e. The number of ether oxygens (including phenoxy) is 1. The number of carbonyl (C=O) groups excluding carboxylic acids is 1. The zero-order chi connectivity index (χ0) is 20.9. The highest BCUT2D eigenvalue weighted by atomic mass is 32.2. The number of thioether (sulfide) groups is 1. The summed E-state index contributed by atoms with van der Waals surface area (Å²) in [5, 5.41) is 2.95. The third-order valence-corrected chi connectivity index (χ3v) is 7.82. The van der Waals surface area contributed by atoms with Gasteiger partial charge in [-0.15, -0.1) is 11.8 Å². The van der Waals surface area contributed by atoms with Gasteiger partial charge in [-0.2, -0.15) is 4.31 Å². The summed E-state index contributed by atoms with van der Waals surface area (Å²) in [5.41, 5.74) is 0.914. The number of sulfonamides is 1. The molecule has 1 N–H and O–H groups in total. The molecule has 6 nitrogen and oxygen atoms in total. The molecule has 3 rings (SSSR count). The molecule has 1 saturated heterocycles. The van der Waals surface area contributed by atoms with E-state index in [0.717, 1.165) is 16.2 Å². The predicted octanol–water partition coefficient (Wildman–Crippen LogP) is 3.13. The first kappa shape index (κ1) is 21.7. The molecular formula is C21H26N2O4S2. The molecule has 1 aliphatic rings. The molecule has 0 aliphatic carbocycles. The third kappa shape index (κ3) is 5.12. The van der Waals surface area contributed by atoms with Gasteiger partial charge in [0.2, 0.25) is 15.9 Å². The van der Waals surface area contributed by atoms with Crippen LogP contribution in [0.15, 0.2) is 58.3 Å². The van der Waals surface area contributed by atoms with Crippen molar-refractivity contribution in [3.63, 3.8) is 0 Å². The number of benzene rings is 2. The highest BCUT2D eigenvalue weighted by Gasteiger charge is 2.32. The molecular weight excluding hydrogens is 408 g/mol. The normalized spacial score (nSPS) is 15.8. The van der Waals surface area contributed by atoms with Gasteiger partial charge in [-0.25, -0.2) is 8.42 Å². The van der Waals surface area contributed by atoms with Gasteiger partial charge in [0.15, 0.2) is 0 Å². The van der Waals surface area contributed by atoms with Crippen LogP contribution in [-0.2, 0) is 21.4 Å². The highest BCUT2D eigenvalue weighted by molar-refractivity contribution is 7.98. The fourth-order valence-corrected chi connectivity index (χ4v) is 5.31. The molecule has 0 aromatic heterocycles. The summed E-state index contributed by atoms with van der Waals surface area (Å²) in [6.45, 7) is 1.09. The zero-order valence-electron chi connectivity index (χ0n) is 16.6. The molecule has 1 aliphatic heterocycles. The van der Waals surface area contributed by atoms with Gasteiger partial charge in [-0.05, 0) is 49.4 Å². The fraction of sp³-hybridized carbons (Fsp3) is 0.381. The van der Waals surface area contributed by atoms with Crippen molar-refractivity contribution in [2.24, 2.45) is 5.92 Å². The minimum Gasteiger partial charge on any atom is -0.496 e. The number of nitrogens with zero attached hydrogens (tertiary/aromatic N) is 1. The van der Waals surface area contributed by atoms with Crippen LogP contribution in [0.25, 0.3) is 0 Å². The predicted molar refractivity (Wildman–Crippen MR) is 115 cm³/mol. The number of nitrogens with one attached hydrogen (secondary N) is 1. The first-order valence-electron chi connectivity index (χ1n) is 9.49. The number of hydrogen-bond acceptors (Lipinski definition) is 5. The molecule has 2 aromatic carbocycles. The minimum absolute atomic E-state index is 0.0442. The number of carbonyl (C=O) groups is 1. The van der Waals surface area contributed by atoms with E-state index in [1.165, 1.54) is 4.31 Å². The summed E-state index contributed by atoms with van der Waals surface area (Å²) in [7, 11) is -1.92. The minimum atomic E-state index is -3.52. The Bertz CT molecular complexity index is 937. The lowest BCUT2D eigenvalue weighted by Crippen LogP contribution is -2.42. The Morgan fingerprint density at radius 2 is 1.79 bits per heavy atom. The van der Waals surface area contributed by atoms with Crippen molar-refractivity contribution in [2.45, 2.75) is 29.2 Å². The second-order valence-electron chi connectivity index (χ2n) is 6.88. The summed E-state index contributed by atoms with van der Waals surface area (Å²) in [6.07, 6.45) is 2.98. The number of methoxy groups -OCH3 is 1. The van der Waals surface area contributed by atoms with E-state index >= 15 is 0 Å². The molecule has 29 heavy (non-hydrogen) atoms. The van der Waals surface area contributed by atoms with Gasteiger partial charge in [-0.3, -0.25) is 4.79 Å². The van der Waals surface area contributed by atoms with Crippen LogP contribution in [0.4, 0.5) is 0 Å². The van der Waals surface area contributed by atoms with Crippen LogP contribution in [-0.4, -0.2) is 45.1 Å². The number of hydrogen-bond donors (Lipinski definition) is 1. The van der Waals surface area contributed by atoms with E-state index in [4.69, 9.17) is 4.74 Å². The molecule has 0 atom stereocenters. The van der Waals surface area contributed by atoms with Crippen molar-refractivity contribution in [3.05, 3.63) is 54.1 Å². The van der Waals surface area contributed by atoms with Crippen LogP contribution in [0.1, 0.15) is 18.4 Å². The summed E-state index contributed by atoms with van der Waals surface area (Å²) in [6, 6.07) is 14.5. The fourth-order valence-electron chi connectivity index (χ4n) is 3.43. The SMILES string of the molecule is COc1ccccc1CNC(=O)C1CCN(S(=O)(=O)c2ccc(SC)cc2)CC1. The van der Waals surface area contributed by atoms with Crippen LogP contribution >= 0.6 is 11.8 Å². The molecule has 1 heterocycles. The molecule has 156 valence electrons. The Hall–Kier alpha value is -2.03. The van der Waals surface area contributed by atoms with E-state index in [1.54, 1.807) is 31.0 Å². The van der Waals surface area contributed by atoms with Crippen LogP contribution in [0.5, 0.6) is 5.75 Å². The van der Waals surface area contributed by atoms with Gasteiger partial charge in [0.05, 0.1) is 12.0 Å². The summed E-state index contributed by atoms with van der Waals surface area (Å²) in [5.74, 6) is 0.508. The second kappa shape index (κ2) is 9.65. The van der Waals surface area contributed by atoms with Crippen molar-refractivity contribution in [3.8, 4) is 5.75 Å². The average molecular weight is 435 g/mol. The van der Waals surface area contributed by atoms with E-state index in [0.29, 0.717) is 37.4 Å². The van der Waals surface area contributed by atoms with Gasteiger partial charge in [-0.1, -0.05) is 18.2 Å². The second-order valence-corrected chi connectivity index (χ2v) is 9.70. The maximum Gasteiger partial charge on any atom is 0.243 e. The summed E-state index contributed by atoms with van der Waals surface area (Å²) >= 11 is 1.57. The van der Waals surface area contributed by atoms with Crippen LogP contribution in [0, 0.1) is 5.92 Å². The van der Waals surface area contributed by atoms with Crippen molar-refractivity contribution in [1.82, 2.24) is 9.62 Å². The van der Waals surface area contributed by atoms with E-state index < -0.39 is 10.0 Å². The zero-order valence-corrected chi connectivity index (χ0v) is 18.3. The Morgan fingerprint density at radius 1 is 1.14 bits per heavy atom. The molecule has 0 saturated carbocycles. The Morgan fingerprint density at radius 3 is 2.41 bits per heavy atom. The standard InChI is InChI=1S/C21H26N2O4S2/c1-27-20-6-4-3-5-17(20)15-22-21(24)16-11-13-23(14-12-16)29(25,26)19-9-7-18(28-2)8-10-19/h3-10,16H,11-15H2,1-2H3,(H,22,24). The lowest BCUT2D eigenvalue weighted by atomic mass is 9.97. The van der Waals surface area contributed by atoms with Gasteiger partial charge in [0.1, 0.15) is 5.75 Å². The van der Waals surface area contributed by atoms with Crippen LogP contribution < -0.4 is 10.1 Å². The molecule has 0 radical (unpaired) electrons. The van der Waals surface area contributed by atoms with Gasteiger partial charge in [0, 0.05) is 36.0 Å². The van der Waals surface area contributed by atoms with Crippen molar-refractivity contribution >= 4 is 27.7 Å². The van der Waals surface area contributed by atoms with Crippen molar-refractivity contribution in [2.75, 3.05) is 26.5 Å². The van der Waals surface area contributed by atoms with Gasteiger partial charge >= 0.3 is 0 Å². The lowest BCUT2D eigenvalue weighted by molar-refractivity contribution is -0.126. The monoisotopic (exact) mass is 434 g/mol. The average Bonchev–Trinajstić information content (AvgIpc) is 2.77. The largest absolute Gasteiger partial charge is 0.496 e. The molecule has 1 fully saturated rings. The van der Waals surface area contributed by atoms with Crippen molar-refractivity contribution in [1.29, 1.82) is 0 Å². The highest BCUT2D eigenvalue weighted by Crippen LogP contribution is 2.26. The van der Waals surface area contributed by atoms with E-state index in [2.05, 4.69) is 5.32 Å². The molecule has 0 spiro atoms. The molecule has 0 bridgehead atoms. The van der Waals surface area contributed by atoms with Crippen LogP contribution in [0.2, 0.25) is 0 Å². The molecule has 2 aromatic rings. The van der Waals surface area contributed by atoms with Crippen molar-refractivity contribution < 1.29 is 17.9 Å². The molecule has 0 unspecified atom stereocenters. The quantitative estimate of drug-likeness (QED) is 0.678. The first-order valence-corrected chi connectivity index (χ1v) is 12.2. The number of piperidine rings is 1. The first-order chi connectivity index (χ1) is 14.0. The topological polar surface area (TPSA) is 75.7 Å². The molecule has 1 amide bonds. The third-order valence-electron chi connectivity index (χ3n) is 5.17. The summed E-state index contributed by atoms with van der Waals surface area (Å²) in [4.78, 5) is 13.9. The molecule has 8 heteroatoms. The van der Waals surface area contributed by atoms with E-state index in [1.807, 2.05) is 42.7 Å². The number of rotatable bonds is 7.